The number of carbonyl (C=O) groups excluding carboxylic acids is 1. The molecule has 1 rings (SSSR count). The van der Waals surface area contributed by atoms with Gasteiger partial charge in [-0.3, -0.25) is 4.79 Å². The van der Waals surface area contributed by atoms with Crippen LogP contribution in [0.25, 0.3) is 0 Å². The van der Waals surface area contributed by atoms with Crippen molar-refractivity contribution in [3.8, 4) is 0 Å². The van der Waals surface area contributed by atoms with Crippen LogP contribution in [-0.2, 0) is 12.4 Å². The Bertz CT molecular complexity index is 454. The first-order valence-corrected chi connectivity index (χ1v) is 4.91. The van der Waals surface area contributed by atoms with Crippen molar-refractivity contribution >= 4 is 22.0 Å². The van der Waals surface area contributed by atoms with Crippen LogP contribution in [0.3, 0.4) is 0 Å². The van der Waals surface area contributed by atoms with Crippen LogP contribution in [0.1, 0.15) is 21.5 Å². The summed E-state index contributed by atoms with van der Waals surface area (Å²) >= 11 is 2.45. The van der Waals surface area contributed by atoms with E-state index in [2.05, 4.69) is 15.9 Å². The molecule has 0 aliphatic heterocycles. The highest BCUT2D eigenvalue weighted by molar-refractivity contribution is 9.10. The van der Waals surface area contributed by atoms with Crippen LogP contribution in [0.5, 0.6) is 0 Å². The molecule has 1 aromatic rings. The van der Waals surface area contributed by atoms with Crippen molar-refractivity contribution in [2.45, 2.75) is 12.4 Å². The van der Waals surface area contributed by atoms with Crippen molar-refractivity contribution in [2.24, 2.45) is 0 Å². The second-order valence-corrected chi connectivity index (χ2v) is 4.06. The number of halogens is 8. The predicted molar refractivity (Wildman–Crippen MR) is 49.6 cm³/mol. The number of benzene rings is 1. The summed E-state index contributed by atoms with van der Waals surface area (Å²) < 4.78 is 86.6. The smallest absolute Gasteiger partial charge is 0.255 e. The van der Waals surface area contributed by atoms with Gasteiger partial charge in [-0.05, 0) is 12.1 Å². The number of alkyl halides is 6. The first-order chi connectivity index (χ1) is 7.94. The minimum atomic E-state index is -5.28. The Kier molecular flexibility index (Phi) is 3.75. The molecule has 0 aromatic heterocycles. The van der Waals surface area contributed by atoms with Crippen LogP contribution < -0.4 is 0 Å². The highest BCUT2D eigenvalue weighted by atomic mass is 79.9. The average Bonchev–Trinajstić information content (AvgIpc) is 2.12. The van der Waals surface area contributed by atoms with Gasteiger partial charge in [-0.15, -0.1) is 0 Å². The van der Waals surface area contributed by atoms with Crippen molar-refractivity contribution in [3.05, 3.63) is 33.3 Å². The SMILES string of the molecule is O=C(F)c1c(C(F)(F)F)cc(Br)cc1C(F)(F)F. The van der Waals surface area contributed by atoms with E-state index < -0.39 is 39.6 Å². The van der Waals surface area contributed by atoms with E-state index in [4.69, 9.17) is 0 Å². The van der Waals surface area contributed by atoms with E-state index in [9.17, 15) is 35.5 Å². The van der Waals surface area contributed by atoms with E-state index in [0.29, 0.717) is 0 Å². The van der Waals surface area contributed by atoms with Crippen molar-refractivity contribution in [2.75, 3.05) is 0 Å². The van der Waals surface area contributed by atoms with Crippen LogP contribution in [-0.4, -0.2) is 6.04 Å². The Labute approximate surface area is 104 Å². The van der Waals surface area contributed by atoms with Gasteiger partial charge >= 0.3 is 18.4 Å². The summed E-state index contributed by atoms with van der Waals surface area (Å²) in [6.07, 6.45) is -10.6. The zero-order chi connectivity index (χ0) is 14.3. The maximum Gasteiger partial charge on any atom is 0.417 e. The largest absolute Gasteiger partial charge is 0.417 e. The Morgan fingerprint density at radius 3 is 1.50 bits per heavy atom. The molecule has 0 amide bonds. The topological polar surface area (TPSA) is 17.1 Å². The molecular weight excluding hydrogens is 337 g/mol. The summed E-state index contributed by atoms with van der Waals surface area (Å²) in [5.74, 6) is 0. The third-order valence-electron chi connectivity index (χ3n) is 1.91. The Hall–Kier alpha value is -1.12. The molecule has 0 atom stereocenters. The van der Waals surface area contributed by atoms with Gasteiger partial charge in [-0.25, -0.2) is 0 Å². The molecule has 0 bridgehead atoms. The van der Waals surface area contributed by atoms with Gasteiger partial charge in [-0.2, -0.15) is 30.7 Å². The molecule has 0 saturated carbocycles. The molecule has 0 aliphatic rings. The van der Waals surface area contributed by atoms with E-state index in [0.717, 1.165) is 0 Å². The van der Waals surface area contributed by atoms with E-state index in [1.807, 2.05) is 0 Å². The lowest BCUT2D eigenvalue weighted by atomic mass is 10.0. The van der Waals surface area contributed by atoms with Gasteiger partial charge in [0.2, 0.25) is 0 Å². The first kappa shape index (κ1) is 14.9. The van der Waals surface area contributed by atoms with E-state index in [1.54, 1.807) is 0 Å². The van der Waals surface area contributed by atoms with Crippen LogP contribution >= 0.6 is 15.9 Å². The summed E-state index contributed by atoms with van der Waals surface area (Å²) in [5.41, 5.74) is -5.98. The number of carbonyl (C=O) groups is 1. The second-order valence-electron chi connectivity index (χ2n) is 3.15. The fourth-order valence-electron chi connectivity index (χ4n) is 1.27. The third-order valence-corrected chi connectivity index (χ3v) is 2.37. The molecule has 100 valence electrons. The number of rotatable bonds is 1. The van der Waals surface area contributed by atoms with Crippen molar-refractivity contribution in [3.63, 3.8) is 0 Å². The maximum atomic E-state index is 12.5. The molecular formula is C9H2BrF7O. The highest BCUT2D eigenvalue weighted by Crippen LogP contribution is 2.41. The standard InChI is InChI=1S/C9H2BrF7O/c10-3-1-4(8(12,13)14)6(7(11)18)5(2-3)9(15,16)17/h1-2H. The molecule has 0 radical (unpaired) electrons. The fraction of sp³-hybridized carbons (Fsp3) is 0.222. The molecule has 9 heteroatoms. The molecule has 0 heterocycles. The lowest BCUT2D eigenvalue weighted by molar-refractivity contribution is -0.144. The summed E-state index contributed by atoms with van der Waals surface area (Å²) in [5, 5.41) is 0. The average molecular weight is 339 g/mol. The van der Waals surface area contributed by atoms with Gasteiger partial charge in [0, 0.05) is 4.47 Å². The number of hydrogen-bond acceptors (Lipinski definition) is 1. The molecule has 0 spiro atoms. The highest BCUT2D eigenvalue weighted by Gasteiger charge is 2.43. The second kappa shape index (κ2) is 4.52. The maximum absolute atomic E-state index is 12.5. The minimum absolute atomic E-state index is 0.210. The lowest BCUT2D eigenvalue weighted by Gasteiger charge is -2.16. The molecule has 0 N–H and O–H groups in total. The molecule has 1 nitrogen and oxygen atoms in total. The zero-order valence-electron chi connectivity index (χ0n) is 8.09. The third kappa shape index (κ3) is 3.01. The molecule has 0 unspecified atom stereocenters. The molecule has 0 aliphatic carbocycles. The van der Waals surface area contributed by atoms with Crippen molar-refractivity contribution in [1.82, 2.24) is 0 Å². The van der Waals surface area contributed by atoms with Gasteiger partial charge in [0.1, 0.15) is 0 Å². The Balaban J connectivity index is 3.74. The summed E-state index contributed by atoms with van der Waals surface area (Å²) in [4.78, 5) is 10.4. The summed E-state index contributed by atoms with van der Waals surface area (Å²) in [6, 6.07) is -2.37. The van der Waals surface area contributed by atoms with E-state index in [-0.39, 0.29) is 12.1 Å². The Morgan fingerprint density at radius 1 is 0.944 bits per heavy atom. The molecule has 0 saturated heterocycles. The lowest BCUT2D eigenvalue weighted by Crippen LogP contribution is -2.18. The van der Waals surface area contributed by atoms with Crippen LogP contribution in [0, 0.1) is 0 Å². The van der Waals surface area contributed by atoms with Crippen molar-refractivity contribution in [1.29, 1.82) is 0 Å². The predicted octanol–water partition coefficient (Wildman–Crippen LogP) is 4.60. The van der Waals surface area contributed by atoms with Crippen LogP contribution in [0.2, 0.25) is 0 Å². The monoisotopic (exact) mass is 338 g/mol. The quantitative estimate of drug-likeness (QED) is 0.540. The van der Waals surface area contributed by atoms with E-state index in [1.165, 1.54) is 0 Å². The zero-order valence-corrected chi connectivity index (χ0v) is 9.67. The van der Waals surface area contributed by atoms with Gasteiger partial charge in [-0.1, -0.05) is 15.9 Å². The van der Waals surface area contributed by atoms with Crippen molar-refractivity contribution < 1.29 is 35.5 Å². The van der Waals surface area contributed by atoms with Gasteiger partial charge in [0.25, 0.3) is 0 Å². The van der Waals surface area contributed by atoms with Crippen LogP contribution in [0.15, 0.2) is 16.6 Å². The van der Waals surface area contributed by atoms with Gasteiger partial charge < -0.3 is 0 Å². The summed E-state index contributed by atoms with van der Waals surface area (Å²) in [6.45, 7) is 0. The normalized spacial score (nSPS) is 12.7. The molecule has 0 fully saturated rings. The van der Waals surface area contributed by atoms with Gasteiger partial charge in [0.15, 0.2) is 0 Å². The summed E-state index contributed by atoms with van der Waals surface area (Å²) in [7, 11) is 0. The number of hydrogen-bond donors (Lipinski definition) is 0. The molecule has 18 heavy (non-hydrogen) atoms. The van der Waals surface area contributed by atoms with Crippen LogP contribution in [0.4, 0.5) is 30.7 Å². The first-order valence-electron chi connectivity index (χ1n) is 4.12. The fourth-order valence-corrected chi connectivity index (χ4v) is 1.72. The van der Waals surface area contributed by atoms with Gasteiger partial charge in [0.05, 0.1) is 16.7 Å². The van der Waals surface area contributed by atoms with E-state index >= 15 is 0 Å². The minimum Gasteiger partial charge on any atom is -0.255 e. The Morgan fingerprint density at radius 2 is 1.28 bits per heavy atom. The molecule has 1 aromatic carbocycles.